The molecule has 1 saturated heterocycles. The molecular weight excluding hydrogens is 318 g/mol. The average Bonchev–Trinajstić information content (AvgIpc) is 2.73. The third kappa shape index (κ3) is 2.83. The van der Waals surface area contributed by atoms with Crippen molar-refractivity contribution >= 4 is 11.9 Å². The average molecular weight is 338 g/mol. The number of alkyl halides is 2. The molecule has 0 radical (unpaired) electrons. The lowest BCUT2D eigenvalue weighted by Gasteiger charge is -2.35. The van der Waals surface area contributed by atoms with Crippen molar-refractivity contribution in [2.24, 2.45) is 0 Å². The third-order valence-electron chi connectivity index (χ3n) is 4.97. The molecule has 0 atom stereocenters. The second-order valence-corrected chi connectivity index (χ2v) is 6.35. The molecule has 1 aromatic carbocycles. The van der Waals surface area contributed by atoms with Gasteiger partial charge in [-0.1, -0.05) is 31.4 Å². The van der Waals surface area contributed by atoms with E-state index in [1.165, 1.54) is 17.0 Å². The molecule has 1 aliphatic carbocycles. The van der Waals surface area contributed by atoms with Gasteiger partial charge < -0.3 is 9.64 Å². The van der Waals surface area contributed by atoms with Crippen LogP contribution in [0.2, 0.25) is 0 Å². The van der Waals surface area contributed by atoms with Crippen molar-refractivity contribution in [3.63, 3.8) is 0 Å². The smallest absolute Gasteiger partial charge is 0.387 e. The number of carbonyl (C=O) groups is 2. The number of likely N-dealkylation sites (N-methyl/N-ethyl adjacent to an activating group) is 1. The van der Waals surface area contributed by atoms with E-state index >= 15 is 0 Å². The van der Waals surface area contributed by atoms with Gasteiger partial charge >= 0.3 is 12.6 Å². The van der Waals surface area contributed by atoms with Gasteiger partial charge in [-0.2, -0.15) is 8.78 Å². The summed E-state index contributed by atoms with van der Waals surface area (Å²) in [5.74, 6) is -0.101. The number of imide groups is 1. The lowest BCUT2D eigenvalue weighted by molar-refractivity contribution is -0.134. The van der Waals surface area contributed by atoms with Gasteiger partial charge in [0.1, 0.15) is 11.3 Å². The Morgan fingerprint density at radius 1 is 1.12 bits per heavy atom. The van der Waals surface area contributed by atoms with E-state index in [1.54, 1.807) is 24.1 Å². The molecule has 0 aromatic heterocycles. The highest BCUT2D eigenvalue weighted by Gasteiger charge is 2.55. The summed E-state index contributed by atoms with van der Waals surface area (Å²) in [5.41, 5.74) is -0.00628. The largest absolute Gasteiger partial charge is 0.435 e. The van der Waals surface area contributed by atoms with Crippen molar-refractivity contribution in [3.05, 3.63) is 29.8 Å². The minimum atomic E-state index is -2.88. The minimum absolute atomic E-state index is 0.0497. The Morgan fingerprint density at radius 2 is 1.75 bits per heavy atom. The van der Waals surface area contributed by atoms with Crippen molar-refractivity contribution in [1.29, 1.82) is 0 Å². The zero-order chi connectivity index (χ0) is 17.3. The number of rotatable bonds is 4. The molecule has 0 bridgehead atoms. The molecule has 130 valence electrons. The topological polar surface area (TPSA) is 49.9 Å². The van der Waals surface area contributed by atoms with Crippen LogP contribution in [0.4, 0.5) is 13.6 Å². The van der Waals surface area contributed by atoms with Crippen molar-refractivity contribution in [3.8, 4) is 5.75 Å². The first-order chi connectivity index (χ1) is 11.4. The number of carbonyl (C=O) groups excluding carboxylic acids is 2. The number of ether oxygens (including phenoxy) is 1. The lowest BCUT2D eigenvalue weighted by atomic mass is 9.81. The Hall–Kier alpha value is -2.18. The molecule has 1 heterocycles. The fourth-order valence-corrected chi connectivity index (χ4v) is 3.63. The maximum atomic E-state index is 12.9. The van der Waals surface area contributed by atoms with Crippen LogP contribution in [0.15, 0.2) is 24.3 Å². The molecule has 3 amide bonds. The maximum absolute atomic E-state index is 12.9. The quantitative estimate of drug-likeness (QED) is 0.791. The first kappa shape index (κ1) is 16.7. The fraction of sp³-hybridized carbons (Fsp3) is 0.529. The number of nitrogens with zero attached hydrogens (tertiary/aromatic N) is 2. The Kier molecular flexibility index (Phi) is 4.43. The van der Waals surface area contributed by atoms with E-state index in [0.29, 0.717) is 18.4 Å². The van der Waals surface area contributed by atoms with E-state index in [-0.39, 0.29) is 24.2 Å². The molecule has 5 nitrogen and oxygen atoms in total. The number of hydrogen-bond donors (Lipinski definition) is 0. The monoisotopic (exact) mass is 338 g/mol. The second-order valence-electron chi connectivity index (χ2n) is 6.35. The van der Waals surface area contributed by atoms with Gasteiger partial charge in [-0.25, -0.2) is 4.79 Å². The molecule has 1 aliphatic heterocycles. The van der Waals surface area contributed by atoms with E-state index in [1.807, 2.05) is 0 Å². The van der Waals surface area contributed by atoms with E-state index in [4.69, 9.17) is 0 Å². The first-order valence-corrected chi connectivity index (χ1v) is 8.07. The van der Waals surface area contributed by atoms with E-state index in [2.05, 4.69) is 4.74 Å². The summed E-state index contributed by atoms with van der Waals surface area (Å²) in [5, 5.41) is 0. The molecule has 7 heteroatoms. The van der Waals surface area contributed by atoms with Crippen molar-refractivity contribution in [1.82, 2.24) is 9.80 Å². The summed E-state index contributed by atoms with van der Waals surface area (Å²) in [6.07, 6.45) is 4.37. The van der Waals surface area contributed by atoms with Crippen LogP contribution in [-0.4, -0.2) is 40.9 Å². The highest BCUT2D eigenvalue weighted by Crippen LogP contribution is 2.39. The number of benzene rings is 1. The van der Waals surface area contributed by atoms with E-state index in [0.717, 1.165) is 19.3 Å². The minimum Gasteiger partial charge on any atom is -0.435 e. The molecule has 0 unspecified atom stereocenters. The summed E-state index contributed by atoms with van der Waals surface area (Å²) in [7, 11) is 1.69. The number of halogens is 2. The number of urea groups is 1. The van der Waals surface area contributed by atoms with Crippen LogP contribution in [0.1, 0.15) is 37.7 Å². The molecular formula is C17H20F2N2O3. The fourth-order valence-electron chi connectivity index (χ4n) is 3.63. The van der Waals surface area contributed by atoms with Gasteiger partial charge in [-0.05, 0) is 30.5 Å². The highest BCUT2D eigenvalue weighted by atomic mass is 19.3. The maximum Gasteiger partial charge on any atom is 0.387 e. The van der Waals surface area contributed by atoms with E-state index in [9.17, 15) is 18.4 Å². The molecule has 3 rings (SSSR count). The Morgan fingerprint density at radius 3 is 2.33 bits per heavy atom. The summed E-state index contributed by atoms with van der Waals surface area (Å²) in [6, 6.07) is 5.70. The molecule has 1 aromatic rings. The predicted molar refractivity (Wildman–Crippen MR) is 82.6 cm³/mol. The molecule has 2 aliphatic rings. The summed E-state index contributed by atoms with van der Waals surface area (Å²) < 4.78 is 28.6. The highest BCUT2D eigenvalue weighted by molar-refractivity contribution is 6.06. The standard InChI is InChI=1S/C17H20F2N2O3/c1-20-16(23)21(14(22)17(20)9-3-2-4-10-17)11-12-5-7-13(8-6-12)24-15(18)19/h5-8,15H,2-4,9-11H2,1H3. The Balaban J connectivity index is 1.75. The second kappa shape index (κ2) is 6.37. The Bertz CT molecular complexity index is 627. The van der Waals surface area contributed by atoms with Gasteiger partial charge in [-0.15, -0.1) is 0 Å². The van der Waals surface area contributed by atoms with Crippen LogP contribution in [0.25, 0.3) is 0 Å². The summed E-state index contributed by atoms with van der Waals surface area (Å²) in [4.78, 5) is 28.2. The van der Waals surface area contributed by atoms with Gasteiger partial charge in [0.2, 0.25) is 0 Å². The zero-order valence-corrected chi connectivity index (χ0v) is 13.5. The first-order valence-electron chi connectivity index (χ1n) is 8.07. The lowest BCUT2D eigenvalue weighted by Crippen LogP contribution is -2.49. The zero-order valence-electron chi connectivity index (χ0n) is 13.5. The van der Waals surface area contributed by atoms with Gasteiger partial charge in [-0.3, -0.25) is 9.69 Å². The van der Waals surface area contributed by atoms with Crippen LogP contribution in [0.3, 0.4) is 0 Å². The van der Waals surface area contributed by atoms with Crippen LogP contribution in [-0.2, 0) is 11.3 Å². The normalized spacial score (nSPS) is 20.3. The van der Waals surface area contributed by atoms with Crippen LogP contribution < -0.4 is 4.74 Å². The number of hydrogen-bond acceptors (Lipinski definition) is 3. The van der Waals surface area contributed by atoms with Gasteiger partial charge in [0, 0.05) is 7.05 Å². The van der Waals surface area contributed by atoms with Crippen molar-refractivity contribution in [2.45, 2.75) is 50.8 Å². The summed E-state index contributed by atoms with van der Waals surface area (Å²) >= 11 is 0. The Labute approximate surface area is 139 Å². The van der Waals surface area contributed by atoms with Crippen molar-refractivity contribution in [2.75, 3.05) is 7.05 Å². The van der Waals surface area contributed by atoms with Crippen molar-refractivity contribution < 1.29 is 23.1 Å². The number of amides is 3. The molecule has 1 spiro atoms. The van der Waals surface area contributed by atoms with Crippen LogP contribution >= 0.6 is 0 Å². The summed E-state index contributed by atoms with van der Waals surface area (Å²) in [6.45, 7) is -2.74. The third-order valence-corrected chi connectivity index (χ3v) is 4.97. The van der Waals surface area contributed by atoms with Gasteiger partial charge in [0.05, 0.1) is 6.54 Å². The van der Waals surface area contributed by atoms with E-state index < -0.39 is 12.2 Å². The molecule has 24 heavy (non-hydrogen) atoms. The van der Waals surface area contributed by atoms with Gasteiger partial charge in [0.15, 0.2) is 0 Å². The van der Waals surface area contributed by atoms with Crippen LogP contribution in [0, 0.1) is 0 Å². The SMILES string of the molecule is CN1C(=O)N(Cc2ccc(OC(F)F)cc2)C(=O)C12CCCCC2. The predicted octanol–water partition coefficient (Wildman–Crippen LogP) is 3.38. The van der Waals surface area contributed by atoms with Crippen LogP contribution in [0.5, 0.6) is 5.75 Å². The molecule has 2 fully saturated rings. The molecule has 1 saturated carbocycles. The molecule has 0 N–H and O–H groups in total. The van der Waals surface area contributed by atoms with Gasteiger partial charge in [0.25, 0.3) is 5.91 Å².